The van der Waals surface area contributed by atoms with Gasteiger partial charge in [-0.1, -0.05) is 6.92 Å². The minimum Gasteiger partial charge on any atom is -0.384 e. The van der Waals surface area contributed by atoms with Crippen molar-refractivity contribution < 1.29 is 17.9 Å². The van der Waals surface area contributed by atoms with E-state index in [9.17, 15) is 13.2 Å². The van der Waals surface area contributed by atoms with Gasteiger partial charge in [-0.3, -0.25) is 0 Å². The van der Waals surface area contributed by atoms with Gasteiger partial charge < -0.3 is 15.8 Å². The fourth-order valence-corrected chi connectivity index (χ4v) is 1.38. The summed E-state index contributed by atoms with van der Waals surface area (Å²) in [6.07, 6.45) is -2.71. The van der Waals surface area contributed by atoms with Crippen molar-refractivity contribution in [2.45, 2.75) is 25.9 Å². The van der Waals surface area contributed by atoms with Gasteiger partial charge >= 0.3 is 6.18 Å². The van der Waals surface area contributed by atoms with E-state index in [1.807, 2.05) is 6.92 Å². The second-order valence-electron chi connectivity index (χ2n) is 3.94. The molecule has 0 aliphatic carbocycles. The number of aromatic nitrogens is 2. The van der Waals surface area contributed by atoms with Crippen LogP contribution in [0.3, 0.4) is 0 Å². The summed E-state index contributed by atoms with van der Waals surface area (Å²) in [5.74, 6) is 1.44. The van der Waals surface area contributed by atoms with E-state index in [4.69, 9.17) is 5.73 Å². The number of alkyl halides is 3. The molecule has 0 atom stereocenters. The number of nitrogens with one attached hydrogen (secondary N) is 1. The molecule has 5 nitrogen and oxygen atoms in total. The van der Waals surface area contributed by atoms with Gasteiger partial charge in [0.05, 0.1) is 6.61 Å². The van der Waals surface area contributed by atoms with E-state index in [1.165, 1.54) is 6.07 Å². The van der Waals surface area contributed by atoms with Gasteiger partial charge in [-0.15, -0.1) is 0 Å². The topological polar surface area (TPSA) is 73.1 Å². The van der Waals surface area contributed by atoms with Crippen LogP contribution in [-0.4, -0.2) is 35.9 Å². The number of nitrogens with two attached hydrogens (primary N) is 1. The van der Waals surface area contributed by atoms with Crippen LogP contribution >= 0.6 is 0 Å². The average molecular weight is 278 g/mol. The lowest BCUT2D eigenvalue weighted by Crippen LogP contribution is -2.20. The highest BCUT2D eigenvalue weighted by Crippen LogP contribution is 2.14. The summed E-state index contributed by atoms with van der Waals surface area (Å²) in [6.45, 7) is 0.900. The summed E-state index contributed by atoms with van der Waals surface area (Å²) in [5, 5.41) is 2.85. The molecule has 19 heavy (non-hydrogen) atoms. The number of hydrogen-bond donors (Lipinski definition) is 2. The van der Waals surface area contributed by atoms with E-state index in [-0.39, 0.29) is 13.2 Å². The molecule has 0 saturated carbocycles. The third kappa shape index (κ3) is 6.80. The summed E-state index contributed by atoms with van der Waals surface area (Å²) >= 11 is 0. The van der Waals surface area contributed by atoms with Gasteiger partial charge in [0.25, 0.3) is 0 Å². The van der Waals surface area contributed by atoms with Gasteiger partial charge in [0.2, 0.25) is 0 Å². The van der Waals surface area contributed by atoms with Crippen molar-refractivity contribution in [2.24, 2.45) is 0 Å². The Morgan fingerprint density at radius 3 is 2.74 bits per heavy atom. The number of nitrogens with zero attached hydrogens (tertiary/aromatic N) is 2. The zero-order valence-corrected chi connectivity index (χ0v) is 10.6. The normalized spacial score (nSPS) is 11.6. The third-order valence-electron chi connectivity index (χ3n) is 2.08. The Labute approximate surface area is 109 Å². The maximum atomic E-state index is 11.8. The van der Waals surface area contributed by atoms with E-state index in [1.54, 1.807) is 0 Å². The Morgan fingerprint density at radius 1 is 1.37 bits per heavy atom. The molecule has 1 aromatic rings. The van der Waals surface area contributed by atoms with Crippen molar-refractivity contribution in [3.05, 3.63) is 11.9 Å². The summed E-state index contributed by atoms with van der Waals surface area (Å²) in [5.41, 5.74) is 5.61. The Bertz CT molecular complexity index is 398. The molecule has 0 aliphatic heterocycles. The molecule has 1 aromatic heterocycles. The fourth-order valence-electron chi connectivity index (χ4n) is 1.38. The van der Waals surface area contributed by atoms with Gasteiger partial charge in [-0.2, -0.15) is 13.2 Å². The van der Waals surface area contributed by atoms with Crippen molar-refractivity contribution in [1.82, 2.24) is 9.97 Å². The quantitative estimate of drug-likeness (QED) is 0.746. The highest BCUT2D eigenvalue weighted by atomic mass is 19.4. The van der Waals surface area contributed by atoms with Crippen LogP contribution in [0.5, 0.6) is 0 Å². The number of hydrogen-bond acceptors (Lipinski definition) is 5. The van der Waals surface area contributed by atoms with Crippen LogP contribution in [0.15, 0.2) is 6.07 Å². The molecule has 0 fully saturated rings. The molecule has 0 unspecified atom stereocenters. The maximum Gasteiger partial charge on any atom is 0.411 e. The lowest BCUT2D eigenvalue weighted by atomic mass is 10.3. The second-order valence-corrected chi connectivity index (χ2v) is 3.94. The first-order chi connectivity index (χ1) is 8.90. The first kappa shape index (κ1) is 15.5. The van der Waals surface area contributed by atoms with Crippen LogP contribution < -0.4 is 11.1 Å². The molecule has 108 valence electrons. The largest absolute Gasteiger partial charge is 0.411 e. The lowest BCUT2D eigenvalue weighted by molar-refractivity contribution is -0.172. The van der Waals surface area contributed by atoms with Gasteiger partial charge in [0.15, 0.2) is 0 Å². The summed E-state index contributed by atoms with van der Waals surface area (Å²) < 4.78 is 39.9. The van der Waals surface area contributed by atoms with Crippen molar-refractivity contribution in [2.75, 3.05) is 30.8 Å². The Morgan fingerprint density at radius 2 is 2.11 bits per heavy atom. The maximum absolute atomic E-state index is 11.8. The number of nitrogen functional groups attached to an aromatic ring is 1. The molecule has 0 aliphatic rings. The Balaban J connectivity index is 2.36. The predicted molar refractivity (Wildman–Crippen MR) is 65.8 cm³/mol. The molecule has 0 aromatic carbocycles. The van der Waals surface area contributed by atoms with Crippen LogP contribution in [0, 0.1) is 0 Å². The molecule has 8 heteroatoms. The third-order valence-corrected chi connectivity index (χ3v) is 2.08. The summed E-state index contributed by atoms with van der Waals surface area (Å²) in [6, 6.07) is 1.53. The monoisotopic (exact) mass is 278 g/mol. The SMILES string of the molecule is CCCc1nc(N)cc(NCCOCC(F)(F)F)n1. The van der Waals surface area contributed by atoms with Crippen molar-refractivity contribution in [3.63, 3.8) is 0 Å². The molecular formula is C11H17F3N4O. The molecular weight excluding hydrogens is 261 g/mol. The van der Waals surface area contributed by atoms with Crippen LogP contribution in [-0.2, 0) is 11.2 Å². The van der Waals surface area contributed by atoms with Crippen LogP contribution in [0.25, 0.3) is 0 Å². The zero-order valence-electron chi connectivity index (χ0n) is 10.6. The van der Waals surface area contributed by atoms with Crippen LogP contribution in [0.4, 0.5) is 24.8 Å². The molecule has 0 radical (unpaired) electrons. The minimum absolute atomic E-state index is 0.0630. The number of ether oxygens (including phenoxy) is 1. The summed E-state index contributed by atoms with van der Waals surface area (Å²) in [7, 11) is 0. The molecule has 0 bridgehead atoms. The van der Waals surface area contributed by atoms with Gasteiger partial charge in [0, 0.05) is 19.0 Å². The lowest BCUT2D eigenvalue weighted by Gasteiger charge is -2.10. The first-order valence-corrected chi connectivity index (χ1v) is 5.92. The molecule has 3 N–H and O–H groups in total. The number of halogens is 3. The average Bonchev–Trinajstić information content (AvgIpc) is 2.26. The highest BCUT2D eigenvalue weighted by molar-refractivity contribution is 5.44. The van der Waals surface area contributed by atoms with Crippen molar-refractivity contribution >= 4 is 11.6 Å². The van der Waals surface area contributed by atoms with Crippen LogP contribution in [0.2, 0.25) is 0 Å². The van der Waals surface area contributed by atoms with Gasteiger partial charge in [0.1, 0.15) is 24.1 Å². The van der Waals surface area contributed by atoms with E-state index in [0.717, 1.165) is 6.42 Å². The minimum atomic E-state index is -4.30. The zero-order chi connectivity index (χ0) is 14.3. The predicted octanol–water partition coefficient (Wildman–Crippen LogP) is 2.00. The second kappa shape index (κ2) is 7.13. The fraction of sp³-hybridized carbons (Fsp3) is 0.636. The molecule has 0 amide bonds. The number of aryl methyl sites for hydroxylation is 1. The first-order valence-electron chi connectivity index (χ1n) is 5.92. The smallest absolute Gasteiger partial charge is 0.384 e. The molecule has 1 rings (SSSR count). The van der Waals surface area contributed by atoms with E-state index in [0.29, 0.717) is 23.9 Å². The van der Waals surface area contributed by atoms with Crippen LogP contribution in [0.1, 0.15) is 19.2 Å². The molecule has 1 heterocycles. The Hall–Kier alpha value is -1.57. The standard InChI is InChI=1S/C11H17F3N4O/c1-2-3-9-17-8(15)6-10(18-9)16-4-5-19-7-11(12,13)14/h6H,2-5,7H2,1H3,(H3,15,16,17,18). The van der Waals surface area contributed by atoms with E-state index < -0.39 is 12.8 Å². The van der Waals surface area contributed by atoms with Crippen molar-refractivity contribution in [3.8, 4) is 0 Å². The van der Waals surface area contributed by atoms with Gasteiger partial charge in [-0.25, -0.2) is 9.97 Å². The molecule has 0 spiro atoms. The highest BCUT2D eigenvalue weighted by Gasteiger charge is 2.27. The van der Waals surface area contributed by atoms with E-state index in [2.05, 4.69) is 20.0 Å². The number of anilines is 2. The van der Waals surface area contributed by atoms with E-state index >= 15 is 0 Å². The Kier molecular flexibility index (Phi) is 5.81. The summed E-state index contributed by atoms with van der Waals surface area (Å²) in [4.78, 5) is 8.24. The molecule has 0 saturated heterocycles. The number of rotatable bonds is 7. The van der Waals surface area contributed by atoms with Gasteiger partial charge in [-0.05, 0) is 6.42 Å². The van der Waals surface area contributed by atoms with Crippen molar-refractivity contribution in [1.29, 1.82) is 0 Å².